The Morgan fingerprint density at radius 3 is 1.74 bits per heavy atom. The fourth-order valence-corrected chi connectivity index (χ4v) is 6.87. The van der Waals surface area contributed by atoms with Gasteiger partial charge in [-0.3, -0.25) is 4.31 Å². The Hall–Kier alpha value is -3.48. The summed E-state index contributed by atoms with van der Waals surface area (Å²) in [7, 11) is -1.49. The zero-order valence-corrected chi connectivity index (χ0v) is 23.3. The topological polar surface area (TPSA) is 106 Å². The Kier molecular flexibility index (Phi) is 8.05. The van der Waals surface area contributed by atoms with Crippen LogP contribution < -0.4 is 23.4 Å². The Morgan fingerprint density at radius 1 is 0.684 bits per heavy atom. The number of nitrogens with zero attached hydrogens (tertiary/aromatic N) is 3. The standard InChI is InChI=1S/C26H31N3O7S2/c1-27(20-5-7-21(34-2)8-6-20)37(30,31)24-13-14-26(36-4)25(19-24)28-15-17-29(18-16-28)38(32,33)23-11-9-22(35-3)10-12-23/h5-14,19H,15-18H2,1-4H3. The average molecular weight is 562 g/mol. The monoisotopic (exact) mass is 561 g/mol. The lowest BCUT2D eigenvalue weighted by Crippen LogP contribution is -2.48. The van der Waals surface area contributed by atoms with Crippen molar-refractivity contribution >= 4 is 31.4 Å². The van der Waals surface area contributed by atoms with Crippen LogP contribution in [-0.4, -0.2) is 75.7 Å². The summed E-state index contributed by atoms with van der Waals surface area (Å²) >= 11 is 0. The summed E-state index contributed by atoms with van der Waals surface area (Å²) < 4.78 is 71.6. The molecule has 0 amide bonds. The molecular formula is C26H31N3O7S2. The zero-order chi connectivity index (χ0) is 27.5. The average Bonchev–Trinajstić information content (AvgIpc) is 2.96. The normalized spacial score (nSPS) is 14.7. The van der Waals surface area contributed by atoms with E-state index in [0.29, 0.717) is 41.7 Å². The Labute approximate surface area is 224 Å². The van der Waals surface area contributed by atoms with Gasteiger partial charge in [-0.15, -0.1) is 0 Å². The number of methoxy groups -OCH3 is 3. The smallest absolute Gasteiger partial charge is 0.264 e. The molecular weight excluding hydrogens is 530 g/mol. The predicted octanol–water partition coefficient (Wildman–Crippen LogP) is 3.05. The third-order valence-electron chi connectivity index (χ3n) is 6.52. The first-order valence-corrected chi connectivity index (χ1v) is 14.7. The number of hydrogen-bond acceptors (Lipinski definition) is 8. The molecule has 1 heterocycles. The minimum atomic E-state index is -3.88. The van der Waals surface area contributed by atoms with Gasteiger partial charge in [0.1, 0.15) is 17.2 Å². The van der Waals surface area contributed by atoms with Crippen molar-refractivity contribution in [3.05, 3.63) is 66.7 Å². The molecule has 204 valence electrons. The number of anilines is 2. The predicted molar refractivity (Wildman–Crippen MR) is 146 cm³/mol. The molecule has 1 aliphatic heterocycles. The van der Waals surface area contributed by atoms with Crippen LogP contribution in [0.2, 0.25) is 0 Å². The Balaban J connectivity index is 1.55. The van der Waals surface area contributed by atoms with Crippen molar-refractivity contribution in [2.24, 2.45) is 0 Å². The summed E-state index contributed by atoms with van der Waals surface area (Å²) in [6, 6.07) is 17.7. The Morgan fingerprint density at radius 2 is 1.21 bits per heavy atom. The third-order valence-corrected chi connectivity index (χ3v) is 10.2. The molecule has 12 heteroatoms. The summed E-state index contributed by atoms with van der Waals surface area (Å²) in [5, 5.41) is 0. The molecule has 1 aliphatic rings. The van der Waals surface area contributed by atoms with Gasteiger partial charge in [-0.2, -0.15) is 4.31 Å². The van der Waals surface area contributed by atoms with Crippen LogP contribution in [0.15, 0.2) is 76.5 Å². The fraction of sp³-hybridized carbons (Fsp3) is 0.308. The molecule has 3 aromatic carbocycles. The van der Waals surface area contributed by atoms with E-state index in [1.807, 2.05) is 4.90 Å². The molecule has 0 N–H and O–H groups in total. The number of rotatable bonds is 9. The summed E-state index contributed by atoms with van der Waals surface area (Å²) in [4.78, 5) is 2.23. The molecule has 0 aromatic heterocycles. The molecule has 0 bridgehead atoms. The number of hydrogen-bond donors (Lipinski definition) is 0. The molecule has 10 nitrogen and oxygen atoms in total. The second kappa shape index (κ2) is 11.1. The van der Waals surface area contributed by atoms with Crippen LogP contribution >= 0.6 is 0 Å². The number of sulfonamides is 2. The van der Waals surface area contributed by atoms with E-state index in [1.165, 1.54) is 48.1 Å². The van der Waals surface area contributed by atoms with E-state index in [1.54, 1.807) is 55.6 Å². The highest BCUT2D eigenvalue weighted by atomic mass is 32.2. The van der Waals surface area contributed by atoms with Crippen molar-refractivity contribution in [3.8, 4) is 17.2 Å². The van der Waals surface area contributed by atoms with Gasteiger partial charge in [-0.25, -0.2) is 16.8 Å². The molecule has 1 saturated heterocycles. The molecule has 38 heavy (non-hydrogen) atoms. The number of benzene rings is 3. The molecule has 0 saturated carbocycles. The first kappa shape index (κ1) is 27.6. The van der Waals surface area contributed by atoms with Crippen LogP contribution in [0.25, 0.3) is 0 Å². The largest absolute Gasteiger partial charge is 0.497 e. The summed E-state index contributed by atoms with van der Waals surface area (Å²) in [6.45, 7) is 1.20. The molecule has 3 aromatic rings. The van der Waals surface area contributed by atoms with Gasteiger partial charge < -0.3 is 19.1 Å². The second-order valence-corrected chi connectivity index (χ2v) is 12.5. The molecule has 0 aliphatic carbocycles. The maximum absolute atomic E-state index is 13.4. The highest BCUT2D eigenvalue weighted by Crippen LogP contribution is 2.34. The third kappa shape index (κ3) is 5.38. The van der Waals surface area contributed by atoms with E-state index in [4.69, 9.17) is 14.2 Å². The first-order valence-electron chi connectivity index (χ1n) is 11.8. The van der Waals surface area contributed by atoms with Gasteiger partial charge in [-0.05, 0) is 66.7 Å². The number of ether oxygens (including phenoxy) is 3. The quantitative estimate of drug-likeness (QED) is 0.393. The molecule has 0 unspecified atom stereocenters. The van der Waals surface area contributed by atoms with E-state index in [2.05, 4.69) is 0 Å². The Bertz CT molecular complexity index is 1470. The lowest BCUT2D eigenvalue weighted by molar-refractivity contribution is 0.378. The lowest BCUT2D eigenvalue weighted by atomic mass is 10.2. The van der Waals surface area contributed by atoms with Gasteiger partial charge in [0, 0.05) is 33.2 Å². The van der Waals surface area contributed by atoms with Crippen molar-refractivity contribution in [1.29, 1.82) is 0 Å². The summed E-state index contributed by atoms with van der Waals surface area (Å²) in [5.74, 6) is 1.70. The molecule has 0 atom stereocenters. The van der Waals surface area contributed by atoms with Crippen LogP contribution in [-0.2, 0) is 20.0 Å². The first-order chi connectivity index (χ1) is 18.1. The van der Waals surface area contributed by atoms with Crippen molar-refractivity contribution in [2.45, 2.75) is 9.79 Å². The molecule has 0 spiro atoms. The lowest BCUT2D eigenvalue weighted by Gasteiger charge is -2.36. The van der Waals surface area contributed by atoms with E-state index >= 15 is 0 Å². The fourth-order valence-electron chi connectivity index (χ4n) is 4.23. The zero-order valence-electron chi connectivity index (χ0n) is 21.7. The second-order valence-electron chi connectivity index (χ2n) is 8.57. The minimum Gasteiger partial charge on any atom is -0.497 e. The van der Waals surface area contributed by atoms with Crippen molar-refractivity contribution < 1.29 is 31.0 Å². The van der Waals surface area contributed by atoms with Gasteiger partial charge in [0.2, 0.25) is 10.0 Å². The highest BCUT2D eigenvalue weighted by Gasteiger charge is 2.30. The van der Waals surface area contributed by atoms with Gasteiger partial charge in [-0.1, -0.05) is 0 Å². The van der Waals surface area contributed by atoms with Gasteiger partial charge in [0.05, 0.1) is 42.5 Å². The summed E-state index contributed by atoms with van der Waals surface area (Å²) in [5.41, 5.74) is 1.07. The van der Waals surface area contributed by atoms with Crippen LogP contribution in [0.1, 0.15) is 0 Å². The number of piperazine rings is 1. The van der Waals surface area contributed by atoms with E-state index in [0.717, 1.165) is 0 Å². The van der Waals surface area contributed by atoms with Gasteiger partial charge >= 0.3 is 0 Å². The van der Waals surface area contributed by atoms with Crippen LogP contribution in [0.4, 0.5) is 11.4 Å². The molecule has 4 rings (SSSR count). The molecule has 0 radical (unpaired) electrons. The van der Waals surface area contributed by atoms with Gasteiger partial charge in [0.15, 0.2) is 0 Å². The van der Waals surface area contributed by atoms with Gasteiger partial charge in [0.25, 0.3) is 10.0 Å². The van der Waals surface area contributed by atoms with E-state index in [-0.39, 0.29) is 22.9 Å². The SMILES string of the molecule is COc1ccc(N(C)S(=O)(=O)c2ccc(OC)c(N3CCN(S(=O)(=O)c4ccc(OC)cc4)CC3)c2)cc1. The van der Waals surface area contributed by atoms with Crippen molar-refractivity contribution in [1.82, 2.24) is 4.31 Å². The van der Waals surface area contributed by atoms with Crippen molar-refractivity contribution in [3.63, 3.8) is 0 Å². The van der Waals surface area contributed by atoms with Crippen LogP contribution in [0.5, 0.6) is 17.2 Å². The highest BCUT2D eigenvalue weighted by molar-refractivity contribution is 7.92. The van der Waals surface area contributed by atoms with E-state index in [9.17, 15) is 16.8 Å². The van der Waals surface area contributed by atoms with E-state index < -0.39 is 20.0 Å². The maximum atomic E-state index is 13.4. The van der Waals surface area contributed by atoms with Crippen LogP contribution in [0.3, 0.4) is 0 Å². The minimum absolute atomic E-state index is 0.0971. The van der Waals surface area contributed by atoms with Crippen molar-refractivity contribution in [2.75, 3.05) is 63.8 Å². The summed E-state index contributed by atoms with van der Waals surface area (Å²) in [6.07, 6.45) is 0. The van der Waals surface area contributed by atoms with Crippen LogP contribution in [0, 0.1) is 0 Å². The maximum Gasteiger partial charge on any atom is 0.264 e. The molecule has 1 fully saturated rings.